The Morgan fingerprint density at radius 3 is 0.709 bits per heavy atom. The first-order valence-corrected chi connectivity index (χ1v) is 35.5. The number of esters is 3. The van der Waals surface area contributed by atoms with Crippen molar-refractivity contribution in [2.75, 3.05) is 13.2 Å². The van der Waals surface area contributed by atoms with Crippen LogP contribution < -0.4 is 0 Å². The fourth-order valence-corrected chi connectivity index (χ4v) is 10.8. The monoisotopic (exact) mass is 1110 g/mol. The van der Waals surface area contributed by atoms with Crippen LogP contribution in [0.4, 0.5) is 0 Å². The fourth-order valence-electron chi connectivity index (χ4n) is 10.8. The lowest BCUT2D eigenvalue weighted by Gasteiger charge is -2.18. The molecule has 0 amide bonds. The van der Waals surface area contributed by atoms with Crippen LogP contribution >= 0.6 is 0 Å². The van der Waals surface area contributed by atoms with Gasteiger partial charge in [0.2, 0.25) is 0 Å². The molecule has 1 atom stereocenters. The van der Waals surface area contributed by atoms with Gasteiger partial charge in [0.15, 0.2) is 6.10 Å². The van der Waals surface area contributed by atoms with Crippen LogP contribution in [-0.2, 0) is 28.6 Å². The molecule has 6 nitrogen and oxygen atoms in total. The van der Waals surface area contributed by atoms with Gasteiger partial charge >= 0.3 is 17.9 Å². The van der Waals surface area contributed by atoms with Crippen LogP contribution in [-0.4, -0.2) is 37.2 Å². The zero-order valence-corrected chi connectivity index (χ0v) is 53.4. The van der Waals surface area contributed by atoms with Crippen LogP contribution in [0.5, 0.6) is 0 Å². The van der Waals surface area contributed by atoms with Crippen molar-refractivity contribution in [2.45, 2.75) is 399 Å². The molecule has 0 aliphatic rings. The molecule has 0 aliphatic carbocycles. The second kappa shape index (κ2) is 68.1. The molecule has 0 spiro atoms. The second-order valence-corrected chi connectivity index (χ2v) is 24.1. The Labute approximate surface area is 493 Å². The first-order valence-electron chi connectivity index (χ1n) is 35.5. The Hall–Kier alpha value is -2.37. The number of hydrogen-bond acceptors (Lipinski definition) is 6. The average molecular weight is 1110 g/mol. The van der Waals surface area contributed by atoms with Gasteiger partial charge in [-0.1, -0.05) is 333 Å². The van der Waals surface area contributed by atoms with Gasteiger partial charge in [-0.05, 0) is 77.0 Å². The van der Waals surface area contributed by atoms with Gasteiger partial charge in [0.1, 0.15) is 13.2 Å². The maximum Gasteiger partial charge on any atom is 0.306 e. The number of carbonyl (C=O) groups excluding carboxylic acids is 3. The summed E-state index contributed by atoms with van der Waals surface area (Å²) in [5.74, 6) is -0.848. The lowest BCUT2D eigenvalue weighted by atomic mass is 10.0. The van der Waals surface area contributed by atoms with Gasteiger partial charge in [-0.25, -0.2) is 0 Å². The minimum absolute atomic E-state index is 0.0685. The Morgan fingerprint density at radius 1 is 0.253 bits per heavy atom. The van der Waals surface area contributed by atoms with E-state index < -0.39 is 6.10 Å². The highest BCUT2D eigenvalue weighted by Crippen LogP contribution is 2.18. The van der Waals surface area contributed by atoms with Gasteiger partial charge in [0.25, 0.3) is 0 Å². The Bertz CT molecular complexity index is 1320. The highest BCUT2D eigenvalue weighted by molar-refractivity contribution is 5.71. The zero-order chi connectivity index (χ0) is 57.1. The van der Waals surface area contributed by atoms with Crippen molar-refractivity contribution in [1.29, 1.82) is 0 Å². The summed E-state index contributed by atoms with van der Waals surface area (Å²) < 4.78 is 17.0. The fraction of sp³-hybridized carbons (Fsp3) is 0.877. The topological polar surface area (TPSA) is 78.9 Å². The Balaban J connectivity index is 4.14. The van der Waals surface area contributed by atoms with Gasteiger partial charge < -0.3 is 14.2 Å². The quantitative estimate of drug-likeness (QED) is 0.0261. The van der Waals surface area contributed by atoms with E-state index in [0.29, 0.717) is 19.3 Å². The molecule has 0 bridgehead atoms. The molecule has 0 N–H and O–H groups in total. The number of ether oxygens (including phenoxy) is 3. The summed E-state index contributed by atoms with van der Waals surface area (Å²) in [5, 5.41) is 0. The van der Waals surface area contributed by atoms with Gasteiger partial charge in [0.05, 0.1) is 0 Å². The molecule has 464 valence electrons. The first kappa shape index (κ1) is 76.6. The molecule has 0 radical (unpaired) electrons. The molecule has 0 saturated carbocycles. The largest absolute Gasteiger partial charge is 0.462 e. The SMILES string of the molecule is CCCCCCC/C=C\C/C=C\CCCCCCCCCCCCCCCCCCCCCC(=O)OCC(COC(=O)CCCCCCC/C=C\CCCCCCC)OC(=O)CCCCCCCCCCCCCCCCCC. The van der Waals surface area contributed by atoms with Crippen molar-refractivity contribution in [2.24, 2.45) is 0 Å². The summed E-state index contributed by atoms with van der Waals surface area (Å²) >= 11 is 0. The molecule has 0 aromatic carbocycles. The second-order valence-electron chi connectivity index (χ2n) is 24.1. The van der Waals surface area contributed by atoms with E-state index in [1.807, 2.05) is 0 Å². The smallest absolute Gasteiger partial charge is 0.306 e. The number of rotatable bonds is 66. The number of carbonyl (C=O) groups is 3. The molecular weight excluding hydrogens is 973 g/mol. The first-order chi connectivity index (χ1) is 39.0. The van der Waals surface area contributed by atoms with Crippen molar-refractivity contribution >= 4 is 17.9 Å². The molecule has 0 rings (SSSR count). The summed E-state index contributed by atoms with van der Waals surface area (Å²) in [7, 11) is 0. The lowest BCUT2D eigenvalue weighted by Crippen LogP contribution is -2.30. The van der Waals surface area contributed by atoms with Crippen LogP contribution in [0.1, 0.15) is 393 Å². The van der Waals surface area contributed by atoms with E-state index in [1.54, 1.807) is 0 Å². The molecule has 0 aliphatic heterocycles. The third-order valence-corrected chi connectivity index (χ3v) is 16.1. The molecule has 0 fully saturated rings. The van der Waals surface area contributed by atoms with E-state index in [9.17, 15) is 14.4 Å². The van der Waals surface area contributed by atoms with Crippen LogP contribution in [0, 0.1) is 0 Å². The Kier molecular flexibility index (Phi) is 66.1. The van der Waals surface area contributed by atoms with Gasteiger partial charge in [0, 0.05) is 19.3 Å². The standard InChI is InChI=1S/C73H136O6/c1-4-7-10-13-16-19-22-25-28-30-31-32-33-34-35-36-37-38-39-40-41-42-43-44-46-48-51-54-57-60-63-66-72(75)78-69-70(68-77-71(74)65-62-59-56-53-50-47-27-24-21-18-15-12-9-6-3)79-73(76)67-64-61-58-55-52-49-45-29-26-23-20-17-14-11-8-5-2/h22,24-25,27,30-31,70H,4-21,23,26,28-29,32-69H2,1-3H3/b25-22-,27-24-,31-30-. The molecule has 0 aromatic heterocycles. The van der Waals surface area contributed by atoms with Crippen LogP contribution in [0.25, 0.3) is 0 Å². The highest BCUT2D eigenvalue weighted by Gasteiger charge is 2.19. The maximum atomic E-state index is 12.9. The number of hydrogen-bond donors (Lipinski definition) is 0. The summed E-state index contributed by atoms with van der Waals surface area (Å²) in [4.78, 5) is 38.4. The van der Waals surface area contributed by atoms with E-state index >= 15 is 0 Å². The summed E-state index contributed by atoms with van der Waals surface area (Å²) in [5.41, 5.74) is 0. The predicted molar refractivity (Wildman–Crippen MR) is 344 cm³/mol. The van der Waals surface area contributed by atoms with Crippen molar-refractivity contribution in [3.63, 3.8) is 0 Å². The molecule has 6 heteroatoms. The predicted octanol–water partition coefficient (Wildman–Crippen LogP) is 24.3. The molecular formula is C73H136O6. The zero-order valence-electron chi connectivity index (χ0n) is 53.4. The normalized spacial score (nSPS) is 12.2. The third-order valence-electron chi connectivity index (χ3n) is 16.1. The van der Waals surface area contributed by atoms with Crippen LogP contribution in [0.15, 0.2) is 36.5 Å². The average Bonchev–Trinajstić information content (AvgIpc) is 3.45. The van der Waals surface area contributed by atoms with E-state index in [4.69, 9.17) is 14.2 Å². The summed E-state index contributed by atoms with van der Waals surface area (Å²) in [6.45, 7) is 6.68. The number of unbranched alkanes of at least 4 members (excludes halogenated alkanes) is 49. The van der Waals surface area contributed by atoms with Crippen LogP contribution in [0.3, 0.4) is 0 Å². The molecule has 0 aromatic rings. The van der Waals surface area contributed by atoms with E-state index in [-0.39, 0.29) is 31.1 Å². The van der Waals surface area contributed by atoms with Crippen molar-refractivity contribution in [3.8, 4) is 0 Å². The molecule has 1 unspecified atom stereocenters. The molecule has 0 heterocycles. The molecule has 79 heavy (non-hydrogen) atoms. The minimum atomic E-state index is -0.772. The van der Waals surface area contributed by atoms with Crippen molar-refractivity contribution in [3.05, 3.63) is 36.5 Å². The van der Waals surface area contributed by atoms with E-state index in [2.05, 4.69) is 57.2 Å². The number of allylic oxidation sites excluding steroid dienone is 6. The van der Waals surface area contributed by atoms with Gasteiger partial charge in [-0.15, -0.1) is 0 Å². The highest BCUT2D eigenvalue weighted by atomic mass is 16.6. The maximum absolute atomic E-state index is 12.9. The van der Waals surface area contributed by atoms with E-state index in [0.717, 1.165) is 70.6 Å². The summed E-state index contributed by atoms with van der Waals surface area (Å²) in [6.07, 6.45) is 84.7. The third kappa shape index (κ3) is 66.3. The van der Waals surface area contributed by atoms with E-state index in [1.165, 1.54) is 283 Å². The van der Waals surface area contributed by atoms with Crippen molar-refractivity contribution in [1.82, 2.24) is 0 Å². The van der Waals surface area contributed by atoms with Crippen LogP contribution in [0.2, 0.25) is 0 Å². The Morgan fingerprint density at radius 2 is 0.456 bits per heavy atom. The lowest BCUT2D eigenvalue weighted by molar-refractivity contribution is -0.167. The minimum Gasteiger partial charge on any atom is -0.462 e. The van der Waals surface area contributed by atoms with Gasteiger partial charge in [-0.3, -0.25) is 14.4 Å². The molecule has 0 saturated heterocycles. The van der Waals surface area contributed by atoms with Crippen molar-refractivity contribution < 1.29 is 28.6 Å². The summed E-state index contributed by atoms with van der Waals surface area (Å²) in [6, 6.07) is 0. The van der Waals surface area contributed by atoms with Gasteiger partial charge in [-0.2, -0.15) is 0 Å².